The van der Waals surface area contributed by atoms with Gasteiger partial charge in [-0.2, -0.15) is 4.98 Å². The molecule has 3 aromatic rings. The highest BCUT2D eigenvalue weighted by Gasteiger charge is 2.34. The van der Waals surface area contributed by atoms with E-state index in [9.17, 15) is 18.4 Å². The van der Waals surface area contributed by atoms with Gasteiger partial charge in [0.25, 0.3) is 5.91 Å². The number of carbonyl (C=O) groups is 2. The molecular weight excluding hydrogens is 504 g/mol. The van der Waals surface area contributed by atoms with Gasteiger partial charge in [0, 0.05) is 35.8 Å². The summed E-state index contributed by atoms with van der Waals surface area (Å²) < 4.78 is 29.8. The van der Waals surface area contributed by atoms with Crippen molar-refractivity contribution < 1.29 is 18.4 Å². The Morgan fingerprint density at radius 1 is 1.10 bits per heavy atom. The summed E-state index contributed by atoms with van der Waals surface area (Å²) in [6, 6.07) is 7.89. The average Bonchev–Trinajstić information content (AvgIpc) is 2.88. The third kappa shape index (κ3) is 6.14. The first-order chi connectivity index (χ1) is 18.5. The van der Waals surface area contributed by atoms with Crippen LogP contribution in [0, 0.1) is 18.6 Å². The summed E-state index contributed by atoms with van der Waals surface area (Å²) in [6.07, 6.45) is 0.754. The molecule has 2 heterocycles. The summed E-state index contributed by atoms with van der Waals surface area (Å²) >= 11 is 0. The summed E-state index contributed by atoms with van der Waals surface area (Å²) in [6.45, 7) is 9.41. The number of hydrogen-bond acceptors (Lipinski definition) is 6. The smallest absolute Gasteiger partial charge is 0.328 e. The van der Waals surface area contributed by atoms with Crippen LogP contribution in [0.4, 0.5) is 31.0 Å². The van der Waals surface area contributed by atoms with Crippen LogP contribution >= 0.6 is 0 Å². The van der Waals surface area contributed by atoms with E-state index >= 15 is 0 Å². The maximum absolute atomic E-state index is 14.9. The largest absolute Gasteiger partial charge is 0.355 e. The molecule has 0 atom stereocenters. The lowest BCUT2D eigenvalue weighted by molar-refractivity contribution is 0.0963. The Bertz CT molecular complexity index is 1390. The van der Waals surface area contributed by atoms with Crippen LogP contribution < -0.4 is 26.2 Å². The topological polar surface area (TPSA) is 111 Å². The molecule has 2 aromatic carbocycles. The fraction of sp³-hybridized carbons (Fsp3) is 0.357. The number of benzene rings is 2. The molecule has 1 aliphatic rings. The van der Waals surface area contributed by atoms with E-state index in [-0.39, 0.29) is 29.8 Å². The lowest BCUT2D eigenvalue weighted by Crippen LogP contribution is -2.43. The molecule has 3 amide bonds. The van der Waals surface area contributed by atoms with Crippen molar-refractivity contribution >= 4 is 29.4 Å². The van der Waals surface area contributed by atoms with Crippen LogP contribution in [-0.2, 0) is 6.54 Å². The molecule has 9 nitrogen and oxygen atoms in total. The average molecular weight is 538 g/mol. The van der Waals surface area contributed by atoms with Gasteiger partial charge in [-0.1, -0.05) is 12.1 Å². The SMILES string of the molecule is CNC(=O)c1ccc(C)c(-c2nc(NCCCNC(C)(C)C)nc3c2CNC(=O)N3c2c(F)cccc2F)c1. The summed E-state index contributed by atoms with van der Waals surface area (Å²) in [7, 11) is 1.54. The molecule has 0 saturated heterocycles. The van der Waals surface area contributed by atoms with Crippen LogP contribution in [0.5, 0.6) is 0 Å². The van der Waals surface area contributed by atoms with Gasteiger partial charge in [0.15, 0.2) is 5.82 Å². The Labute approximate surface area is 226 Å². The maximum atomic E-state index is 14.9. The molecule has 0 bridgehead atoms. The summed E-state index contributed by atoms with van der Waals surface area (Å²) in [4.78, 5) is 35.6. The van der Waals surface area contributed by atoms with Gasteiger partial charge in [-0.3, -0.25) is 4.79 Å². The minimum Gasteiger partial charge on any atom is -0.355 e. The lowest BCUT2D eigenvalue weighted by atomic mass is 9.97. The molecule has 0 fully saturated rings. The number of aromatic nitrogens is 2. The number of fused-ring (bicyclic) bond motifs is 1. The first kappa shape index (κ1) is 27.9. The molecule has 4 N–H and O–H groups in total. The molecule has 0 aliphatic carbocycles. The number of amides is 3. The highest BCUT2D eigenvalue weighted by Crippen LogP contribution is 2.39. The van der Waals surface area contributed by atoms with Crippen LogP contribution in [0.2, 0.25) is 0 Å². The predicted octanol–water partition coefficient (Wildman–Crippen LogP) is 4.64. The third-order valence-electron chi connectivity index (χ3n) is 6.25. The van der Waals surface area contributed by atoms with Crippen molar-refractivity contribution in [2.24, 2.45) is 0 Å². The second-order valence-corrected chi connectivity index (χ2v) is 10.3. The van der Waals surface area contributed by atoms with Gasteiger partial charge in [-0.15, -0.1) is 0 Å². The number of carbonyl (C=O) groups excluding carboxylic acids is 2. The highest BCUT2D eigenvalue weighted by atomic mass is 19.1. The van der Waals surface area contributed by atoms with Crippen molar-refractivity contribution in [3.05, 3.63) is 64.7 Å². The molecule has 11 heteroatoms. The second-order valence-electron chi connectivity index (χ2n) is 10.3. The van der Waals surface area contributed by atoms with E-state index in [1.165, 1.54) is 6.07 Å². The van der Waals surface area contributed by atoms with Crippen LogP contribution in [0.3, 0.4) is 0 Å². The minimum absolute atomic E-state index is 0.0273. The molecule has 1 aliphatic heterocycles. The molecule has 0 saturated carbocycles. The molecule has 4 rings (SSSR count). The first-order valence-electron chi connectivity index (χ1n) is 12.7. The van der Waals surface area contributed by atoms with Crippen LogP contribution in [0.25, 0.3) is 11.3 Å². The van der Waals surface area contributed by atoms with Crippen molar-refractivity contribution in [1.82, 2.24) is 25.9 Å². The van der Waals surface area contributed by atoms with Crippen molar-refractivity contribution in [2.75, 3.05) is 30.4 Å². The zero-order valence-corrected chi connectivity index (χ0v) is 22.7. The standard InChI is InChI=1S/C28H33F2N7O2/c1-16-10-11-17(25(38)31-5)14-18(16)22-19-15-33-27(39)37(23-20(29)8-6-9-21(23)30)24(19)36-26(35-22)32-12-7-13-34-28(2,3)4/h6,8-11,14,34H,7,12-13,15H2,1-5H3,(H,31,38)(H,33,39)(H,32,35,36). The number of hydrogen-bond donors (Lipinski definition) is 4. The summed E-state index contributed by atoms with van der Waals surface area (Å²) in [5, 5.41) is 11.9. The third-order valence-corrected chi connectivity index (χ3v) is 6.25. The Hall–Kier alpha value is -4.12. The Balaban J connectivity index is 1.84. The number of anilines is 3. The maximum Gasteiger partial charge on any atom is 0.328 e. The second kappa shape index (κ2) is 11.3. The fourth-order valence-corrected chi connectivity index (χ4v) is 4.29. The number of para-hydroxylation sites is 1. The van der Waals surface area contributed by atoms with E-state index in [2.05, 4.69) is 47.0 Å². The number of rotatable bonds is 8. The Morgan fingerprint density at radius 3 is 2.49 bits per heavy atom. The lowest BCUT2D eigenvalue weighted by Gasteiger charge is -2.31. The fourth-order valence-electron chi connectivity index (χ4n) is 4.29. The van der Waals surface area contributed by atoms with Gasteiger partial charge in [-0.05, 0) is 70.5 Å². The minimum atomic E-state index is -0.904. The summed E-state index contributed by atoms with van der Waals surface area (Å²) in [5.74, 6) is -1.82. The molecule has 0 spiro atoms. The molecule has 0 radical (unpaired) electrons. The van der Waals surface area contributed by atoms with Crippen molar-refractivity contribution in [1.29, 1.82) is 0 Å². The Morgan fingerprint density at radius 2 is 1.82 bits per heavy atom. The van der Waals surface area contributed by atoms with Gasteiger partial charge >= 0.3 is 6.03 Å². The monoisotopic (exact) mass is 537 g/mol. The van der Waals surface area contributed by atoms with E-state index < -0.39 is 23.4 Å². The van der Waals surface area contributed by atoms with E-state index in [1.54, 1.807) is 25.2 Å². The number of halogens is 2. The number of nitrogens with one attached hydrogen (secondary N) is 4. The molecule has 206 valence electrons. The van der Waals surface area contributed by atoms with Crippen molar-refractivity contribution in [3.63, 3.8) is 0 Å². The normalized spacial score (nSPS) is 13.1. The Kier molecular flexibility index (Phi) is 8.10. The number of nitrogens with zero attached hydrogens (tertiary/aromatic N) is 3. The zero-order valence-electron chi connectivity index (χ0n) is 22.7. The number of aryl methyl sites for hydroxylation is 1. The van der Waals surface area contributed by atoms with E-state index in [1.807, 2.05) is 6.92 Å². The van der Waals surface area contributed by atoms with Crippen LogP contribution in [0.1, 0.15) is 48.7 Å². The van der Waals surface area contributed by atoms with Crippen molar-refractivity contribution in [2.45, 2.75) is 46.2 Å². The quantitative estimate of drug-likeness (QED) is 0.312. The van der Waals surface area contributed by atoms with Gasteiger partial charge in [-0.25, -0.2) is 23.5 Å². The van der Waals surface area contributed by atoms with E-state index in [0.717, 1.165) is 35.6 Å². The molecule has 1 aromatic heterocycles. The molecule has 0 unspecified atom stereocenters. The summed E-state index contributed by atoms with van der Waals surface area (Å²) in [5.41, 5.74) is 2.23. The molecule has 39 heavy (non-hydrogen) atoms. The number of urea groups is 1. The predicted molar refractivity (Wildman–Crippen MR) is 147 cm³/mol. The van der Waals surface area contributed by atoms with E-state index in [4.69, 9.17) is 4.98 Å². The zero-order chi connectivity index (χ0) is 28.3. The van der Waals surface area contributed by atoms with Gasteiger partial charge in [0.1, 0.15) is 17.3 Å². The van der Waals surface area contributed by atoms with E-state index in [0.29, 0.717) is 28.9 Å². The van der Waals surface area contributed by atoms with Gasteiger partial charge in [0.2, 0.25) is 5.95 Å². The van der Waals surface area contributed by atoms with Crippen LogP contribution in [-0.4, -0.2) is 47.6 Å². The van der Waals surface area contributed by atoms with Crippen LogP contribution in [0.15, 0.2) is 36.4 Å². The first-order valence-corrected chi connectivity index (χ1v) is 12.7. The van der Waals surface area contributed by atoms with Gasteiger partial charge < -0.3 is 21.3 Å². The van der Waals surface area contributed by atoms with Gasteiger partial charge in [0.05, 0.1) is 12.2 Å². The van der Waals surface area contributed by atoms with Crippen molar-refractivity contribution in [3.8, 4) is 11.3 Å². The molecular formula is C28H33F2N7O2. The highest BCUT2D eigenvalue weighted by molar-refractivity contribution is 6.02.